The molecule has 1 heterocycles. The van der Waals surface area contributed by atoms with E-state index in [2.05, 4.69) is 20.9 Å². The highest BCUT2D eigenvalue weighted by atomic mass is 32.2. The molecule has 272 valence electrons. The number of hydrogen-bond donors (Lipinski definition) is 3. The molecule has 7 aromatic rings. The van der Waals surface area contributed by atoms with Crippen LogP contribution in [-0.2, 0) is 16.2 Å². The molecule has 3 N–H and O–H groups in total. The standard InChI is InChI=1S/C45H36N4O5S/c1-30(42(50)46-35-23-21-34(22-24-35)45-49-39-17-8-9-18-41(39)54-45)55-38-16-10-15-36(28-38)47-44(52)40(48-43(51)33-13-6-3-7-14-33)27-31-19-25-37(26-20-31)53-29-32-11-4-2-5-12-32/h2-28,30H,29H2,1H3,(H,46,50)(H,47,52)(H,48,51)/b40-27-. The average Bonchev–Trinajstić information content (AvgIpc) is 3.66. The van der Waals surface area contributed by atoms with Crippen LogP contribution < -0.4 is 20.7 Å². The molecule has 6 aromatic carbocycles. The molecule has 10 heteroatoms. The summed E-state index contributed by atoms with van der Waals surface area (Å²) in [7, 11) is 0. The maximum atomic E-state index is 13.7. The number of nitrogens with zero attached hydrogens (tertiary/aromatic N) is 1. The van der Waals surface area contributed by atoms with Crippen LogP contribution in [-0.4, -0.2) is 28.0 Å². The number of thioether (sulfide) groups is 1. The van der Waals surface area contributed by atoms with Crippen LogP contribution in [0.25, 0.3) is 28.6 Å². The molecule has 0 aliphatic rings. The van der Waals surface area contributed by atoms with Gasteiger partial charge < -0.3 is 25.1 Å². The van der Waals surface area contributed by atoms with Crippen LogP contribution in [0.5, 0.6) is 5.75 Å². The minimum atomic E-state index is -0.511. The van der Waals surface area contributed by atoms with E-state index in [4.69, 9.17) is 9.15 Å². The third-order valence-electron chi connectivity index (χ3n) is 8.44. The lowest BCUT2D eigenvalue weighted by atomic mass is 10.1. The van der Waals surface area contributed by atoms with Crippen LogP contribution in [0.2, 0.25) is 0 Å². The summed E-state index contributed by atoms with van der Waals surface area (Å²) in [4.78, 5) is 45.4. The third kappa shape index (κ3) is 9.75. The molecule has 7 rings (SSSR count). The van der Waals surface area contributed by atoms with E-state index in [0.29, 0.717) is 46.3 Å². The summed E-state index contributed by atoms with van der Waals surface area (Å²) in [6.07, 6.45) is 1.61. The molecule has 0 aliphatic carbocycles. The van der Waals surface area contributed by atoms with E-state index in [1.54, 1.807) is 48.5 Å². The topological polar surface area (TPSA) is 123 Å². The van der Waals surface area contributed by atoms with Gasteiger partial charge >= 0.3 is 0 Å². The molecule has 1 unspecified atom stereocenters. The molecule has 0 radical (unpaired) electrons. The van der Waals surface area contributed by atoms with Gasteiger partial charge in [-0.05, 0) is 103 Å². The zero-order chi connectivity index (χ0) is 38.0. The normalized spacial score (nSPS) is 11.8. The highest BCUT2D eigenvalue weighted by Gasteiger charge is 2.18. The fourth-order valence-corrected chi connectivity index (χ4v) is 6.48. The molecule has 55 heavy (non-hydrogen) atoms. The number of carbonyl (C=O) groups is 3. The number of oxazole rings is 1. The fourth-order valence-electron chi connectivity index (χ4n) is 5.55. The van der Waals surface area contributed by atoms with E-state index in [1.165, 1.54) is 11.8 Å². The second-order valence-electron chi connectivity index (χ2n) is 12.5. The molecule has 0 saturated carbocycles. The molecule has 1 atom stereocenters. The lowest BCUT2D eigenvalue weighted by molar-refractivity contribution is -0.115. The molecule has 0 saturated heterocycles. The van der Waals surface area contributed by atoms with E-state index < -0.39 is 17.1 Å². The highest BCUT2D eigenvalue weighted by molar-refractivity contribution is 8.00. The van der Waals surface area contributed by atoms with Gasteiger partial charge in [0.05, 0.1) is 5.25 Å². The van der Waals surface area contributed by atoms with Crippen molar-refractivity contribution < 1.29 is 23.5 Å². The molecule has 0 spiro atoms. The number of anilines is 2. The summed E-state index contributed by atoms with van der Waals surface area (Å²) < 4.78 is 11.8. The minimum absolute atomic E-state index is 0.0553. The van der Waals surface area contributed by atoms with E-state index in [0.717, 1.165) is 21.5 Å². The van der Waals surface area contributed by atoms with Crippen LogP contribution in [0.4, 0.5) is 11.4 Å². The van der Waals surface area contributed by atoms with Crippen molar-refractivity contribution in [3.8, 4) is 17.2 Å². The summed E-state index contributed by atoms with van der Waals surface area (Å²) in [5, 5.41) is 8.19. The minimum Gasteiger partial charge on any atom is -0.489 e. The number of aromatic nitrogens is 1. The van der Waals surface area contributed by atoms with Crippen molar-refractivity contribution in [2.75, 3.05) is 10.6 Å². The van der Waals surface area contributed by atoms with Gasteiger partial charge in [0.15, 0.2) is 5.58 Å². The Morgan fingerprint density at radius 3 is 2.20 bits per heavy atom. The van der Waals surface area contributed by atoms with Crippen molar-refractivity contribution in [1.82, 2.24) is 10.3 Å². The molecule has 3 amide bonds. The Labute approximate surface area is 322 Å². The Bertz CT molecular complexity index is 2420. The zero-order valence-corrected chi connectivity index (χ0v) is 30.6. The Balaban J connectivity index is 0.995. The molecule has 0 fully saturated rings. The van der Waals surface area contributed by atoms with Gasteiger partial charge in [-0.1, -0.05) is 78.9 Å². The lowest BCUT2D eigenvalue weighted by Gasteiger charge is -2.14. The number of benzene rings is 6. The molecule has 9 nitrogen and oxygen atoms in total. The van der Waals surface area contributed by atoms with Gasteiger partial charge in [0, 0.05) is 27.4 Å². The van der Waals surface area contributed by atoms with Crippen LogP contribution in [0.15, 0.2) is 173 Å². The Hall–Kier alpha value is -6.91. The fraction of sp³-hybridized carbons (Fsp3) is 0.0667. The maximum Gasteiger partial charge on any atom is 0.272 e. The Kier molecular flexibility index (Phi) is 11.4. The van der Waals surface area contributed by atoms with Crippen molar-refractivity contribution >= 4 is 58.0 Å². The number of nitrogens with one attached hydrogen (secondary N) is 3. The van der Waals surface area contributed by atoms with Crippen molar-refractivity contribution in [2.24, 2.45) is 0 Å². The van der Waals surface area contributed by atoms with Crippen molar-refractivity contribution in [1.29, 1.82) is 0 Å². The first-order valence-electron chi connectivity index (χ1n) is 17.6. The number of fused-ring (bicyclic) bond motifs is 1. The molecular formula is C45H36N4O5S. The van der Waals surface area contributed by atoms with Crippen molar-refractivity contribution in [2.45, 2.75) is 23.7 Å². The number of para-hydroxylation sites is 2. The number of amides is 3. The van der Waals surface area contributed by atoms with Crippen LogP contribution in [0.1, 0.15) is 28.4 Å². The second-order valence-corrected chi connectivity index (χ2v) is 13.9. The van der Waals surface area contributed by atoms with E-state index >= 15 is 0 Å². The SMILES string of the molecule is CC(Sc1cccc(NC(=O)/C(=C/c2ccc(OCc3ccccc3)cc2)NC(=O)c2ccccc2)c1)C(=O)Nc1ccc(-c2nc3ccccc3o2)cc1. The summed E-state index contributed by atoms with van der Waals surface area (Å²) in [5.41, 5.74) is 5.65. The largest absolute Gasteiger partial charge is 0.489 e. The molecule has 1 aromatic heterocycles. The van der Waals surface area contributed by atoms with Crippen molar-refractivity contribution in [3.63, 3.8) is 0 Å². The van der Waals surface area contributed by atoms with E-state index in [9.17, 15) is 14.4 Å². The van der Waals surface area contributed by atoms with Gasteiger partial charge in [0.1, 0.15) is 23.6 Å². The Morgan fingerprint density at radius 1 is 0.745 bits per heavy atom. The first kappa shape index (κ1) is 36.4. The number of hydrogen-bond acceptors (Lipinski definition) is 7. The second kappa shape index (κ2) is 17.3. The van der Waals surface area contributed by atoms with E-state index in [1.807, 2.05) is 122 Å². The molecule has 0 bridgehead atoms. The van der Waals surface area contributed by atoms with Gasteiger partial charge in [-0.2, -0.15) is 0 Å². The first-order valence-corrected chi connectivity index (χ1v) is 18.4. The Morgan fingerprint density at radius 2 is 1.45 bits per heavy atom. The third-order valence-corrected chi connectivity index (χ3v) is 9.53. The van der Waals surface area contributed by atoms with Gasteiger partial charge in [0.2, 0.25) is 11.8 Å². The quantitative estimate of drug-likeness (QED) is 0.0794. The predicted molar refractivity (Wildman–Crippen MR) is 218 cm³/mol. The predicted octanol–water partition coefficient (Wildman–Crippen LogP) is 9.60. The number of rotatable bonds is 13. The zero-order valence-electron chi connectivity index (χ0n) is 29.8. The van der Waals surface area contributed by atoms with Crippen molar-refractivity contribution in [3.05, 3.63) is 180 Å². The van der Waals surface area contributed by atoms with Gasteiger partial charge in [0.25, 0.3) is 11.8 Å². The van der Waals surface area contributed by atoms with Gasteiger partial charge in [-0.25, -0.2) is 4.98 Å². The summed E-state index contributed by atoms with van der Waals surface area (Å²) in [5.74, 6) is 0.0686. The lowest BCUT2D eigenvalue weighted by Crippen LogP contribution is -2.30. The monoisotopic (exact) mass is 744 g/mol. The first-order chi connectivity index (χ1) is 26.9. The maximum absolute atomic E-state index is 13.7. The van der Waals surface area contributed by atoms with Crippen LogP contribution in [0.3, 0.4) is 0 Å². The molecular weight excluding hydrogens is 709 g/mol. The smallest absolute Gasteiger partial charge is 0.272 e. The van der Waals surface area contributed by atoms with Crippen LogP contribution >= 0.6 is 11.8 Å². The van der Waals surface area contributed by atoms with E-state index in [-0.39, 0.29) is 11.6 Å². The number of carbonyl (C=O) groups excluding carboxylic acids is 3. The highest BCUT2D eigenvalue weighted by Crippen LogP contribution is 2.29. The summed E-state index contributed by atoms with van der Waals surface area (Å²) >= 11 is 1.35. The average molecular weight is 745 g/mol. The summed E-state index contributed by atoms with van der Waals surface area (Å²) in [6, 6.07) is 47.9. The van der Waals surface area contributed by atoms with Gasteiger partial charge in [-0.15, -0.1) is 11.8 Å². The van der Waals surface area contributed by atoms with Crippen LogP contribution in [0, 0.1) is 0 Å². The molecule has 0 aliphatic heterocycles. The number of ether oxygens (including phenoxy) is 1. The van der Waals surface area contributed by atoms with Gasteiger partial charge in [-0.3, -0.25) is 14.4 Å². The summed E-state index contributed by atoms with van der Waals surface area (Å²) in [6.45, 7) is 2.24.